The van der Waals surface area contributed by atoms with Crippen molar-refractivity contribution in [3.05, 3.63) is 66.0 Å². The van der Waals surface area contributed by atoms with Crippen LogP contribution in [-0.4, -0.2) is 34.8 Å². The quantitative estimate of drug-likeness (QED) is 0.932. The summed E-state index contributed by atoms with van der Waals surface area (Å²) < 4.78 is 0. The van der Waals surface area contributed by atoms with Gasteiger partial charge in [-0.1, -0.05) is 24.3 Å². The molecule has 25 heavy (non-hydrogen) atoms. The van der Waals surface area contributed by atoms with E-state index in [2.05, 4.69) is 10.3 Å². The second-order valence-corrected chi connectivity index (χ2v) is 7.04. The zero-order chi connectivity index (χ0) is 17.3. The first-order valence-corrected chi connectivity index (χ1v) is 8.69. The molecule has 2 fully saturated rings. The van der Waals surface area contributed by atoms with E-state index in [1.165, 1.54) is 0 Å². The number of nitrogens with one attached hydrogen (secondary N) is 1. The van der Waals surface area contributed by atoms with Gasteiger partial charge in [-0.2, -0.15) is 0 Å². The van der Waals surface area contributed by atoms with E-state index < -0.39 is 0 Å². The van der Waals surface area contributed by atoms with Gasteiger partial charge in [0.15, 0.2) is 0 Å². The molecule has 2 aromatic rings. The molecular formula is C20H21N3O2. The number of hydrogen-bond donors (Lipinski definition) is 1. The maximum absolute atomic E-state index is 12.6. The molecule has 4 rings (SSSR count). The fourth-order valence-electron chi connectivity index (χ4n) is 3.82. The van der Waals surface area contributed by atoms with Gasteiger partial charge in [0.1, 0.15) is 0 Å². The highest BCUT2D eigenvalue weighted by molar-refractivity contribution is 5.94. The third-order valence-corrected chi connectivity index (χ3v) is 5.39. The monoisotopic (exact) mass is 335 g/mol. The molecule has 0 bridgehead atoms. The van der Waals surface area contributed by atoms with E-state index in [0.717, 1.165) is 30.5 Å². The van der Waals surface area contributed by atoms with Crippen LogP contribution in [0.15, 0.2) is 54.9 Å². The largest absolute Gasteiger partial charge is 0.352 e. The van der Waals surface area contributed by atoms with Gasteiger partial charge in [0.25, 0.3) is 5.91 Å². The number of pyridine rings is 1. The molecule has 1 aliphatic heterocycles. The topological polar surface area (TPSA) is 62.3 Å². The first-order valence-electron chi connectivity index (χ1n) is 8.69. The van der Waals surface area contributed by atoms with Crippen molar-refractivity contribution in [2.24, 2.45) is 11.3 Å². The van der Waals surface area contributed by atoms with Gasteiger partial charge in [-0.05, 0) is 36.6 Å². The van der Waals surface area contributed by atoms with E-state index in [1.807, 2.05) is 47.4 Å². The molecule has 2 heterocycles. The van der Waals surface area contributed by atoms with Crippen LogP contribution in [0.5, 0.6) is 0 Å². The fraction of sp³-hybridized carbons (Fsp3) is 0.350. The van der Waals surface area contributed by atoms with Crippen molar-refractivity contribution in [1.29, 1.82) is 0 Å². The van der Waals surface area contributed by atoms with Gasteiger partial charge in [0.05, 0.1) is 0 Å². The number of aromatic nitrogens is 1. The lowest BCUT2D eigenvalue weighted by atomic mass is 10.0. The Morgan fingerprint density at radius 1 is 1.20 bits per heavy atom. The molecule has 0 unspecified atom stereocenters. The predicted molar refractivity (Wildman–Crippen MR) is 93.6 cm³/mol. The third kappa shape index (κ3) is 3.14. The van der Waals surface area contributed by atoms with Gasteiger partial charge < -0.3 is 10.2 Å². The smallest absolute Gasteiger partial charge is 0.253 e. The molecule has 1 aromatic heterocycles. The normalized spacial score (nSPS) is 24.3. The summed E-state index contributed by atoms with van der Waals surface area (Å²) in [5.74, 6) is 0.189. The van der Waals surface area contributed by atoms with Crippen LogP contribution < -0.4 is 5.32 Å². The van der Waals surface area contributed by atoms with Crippen LogP contribution in [0, 0.1) is 11.3 Å². The Morgan fingerprint density at radius 2 is 2.04 bits per heavy atom. The Balaban J connectivity index is 1.33. The fourth-order valence-corrected chi connectivity index (χ4v) is 3.82. The third-order valence-electron chi connectivity index (χ3n) is 5.39. The molecule has 5 heteroatoms. The first-order chi connectivity index (χ1) is 12.2. The number of nitrogens with zero attached hydrogens (tertiary/aromatic N) is 2. The van der Waals surface area contributed by atoms with Crippen LogP contribution in [0.4, 0.5) is 0 Å². The SMILES string of the molecule is O=C(NCc1cccnc1)[C@H]1C[C@@]12CCN(C(=O)c1ccccc1)C2. The Kier molecular flexibility index (Phi) is 3.99. The van der Waals surface area contributed by atoms with Gasteiger partial charge in [-0.3, -0.25) is 14.6 Å². The van der Waals surface area contributed by atoms with E-state index in [9.17, 15) is 9.59 Å². The maximum Gasteiger partial charge on any atom is 0.253 e. The van der Waals surface area contributed by atoms with Crippen molar-refractivity contribution in [2.75, 3.05) is 13.1 Å². The second kappa shape index (κ2) is 6.31. The lowest BCUT2D eigenvalue weighted by Crippen LogP contribution is -2.31. The zero-order valence-corrected chi connectivity index (χ0v) is 14.0. The van der Waals surface area contributed by atoms with E-state index in [-0.39, 0.29) is 23.1 Å². The van der Waals surface area contributed by atoms with E-state index in [1.54, 1.807) is 12.4 Å². The molecule has 1 aromatic carbocycles. The molecule has 1 aliphatic carbocycles. The van der Waals surface area contributed by atoms with Crippen LogP contribution in [0.25, 0.3) is 0 Å². The number of hydrogen-bond acceptors (Lipinski definition) is 3. The molecule has 1 spiro atoms. The number of rotatable bonds is 4. The van der Waals surface area contributed by atoms with Crippen LogP contribution in [0.3, 0.4) is 0 Å². The average Bonchev–Trinajstić information content (AvgIpc) is 3.21. The number of carbonyl (C=O) groups excluding carboxylic acids is 2. The lowest BCUT2D eigenvalue weighted by Gasteiger charge is -2.16. The van der Waals surface area contributed by atoms with Crippen molar-refractivity contribution >= 4 is 11.8 Å². The summed E-state index contributed by atoms with van der Waals surface area (Å²) in [5.41, 5.74) is 1.71. The average molecular weight is 335 g/mol. The summed E-state index contributed by atoms with van der Waals surface area (Å²) in [4.78, 5) is 31.0. The zero-order valence-electron chi connectivity index (χ0n) is 14.0. The molecule has 1 saturated heterocycles. The van der Waals surface area contributed by atoms with Crippen LogP contribution >= 0.6 is 0 Å². The molecular weight excluding hydrogens is 314 g/mol. The summed E-state index contributed by atoms with van der Waals surface area (Å²) in [5, 5.41) is 3.01. The number of likely N-dealkylation sites (tertiary alicyclic amines) is 1. The van der Waals surface area contributed by atoms with Crippen molar-refractivity contribution in [3.63, 3.8) is 0 Å². The summed E-state index contributed by atoms with van der Waals surface area (Å²) in [6.45, 7) is 1.93. The highest BCUT2D eigenvalue weighted by atomic mass is 16.2. The molecule has 1 N–H and O–H groups in total. The molecule has 2 atom stereocenters. The molecule has 0 radical (unpaired) electrons. The predicted octanol–water partition coefficient (Wildman–Crippen LogP) is 2.25. The van der Waals surface area contributed by atoms with Crippen molar-refractivity contribution in [1.82, 2.24) is 15.2 Å². The molecule has 5 nitrogen and oxygen atoms in total. The minimum Gasteiger partial charge on any atom is -0.352 e. The van der Waals surface area contributed by atoms with Crippen molar-refractivity contribution in [2.45, 2.75) is 19.4 Å². The summed E-state index contributed by atoms with van der Waals surface area (Å²) in [6, 6.07) is 13.2. The summed E-state index contributed by atoms with van der Waals surface area (Å²) >= 11 is 0. The van der Waals surface area contributed by atoms with Crippen LogP contribution in [-0.2, 0) is 11.3 Å². The van der Waals surface area contributed by atoms with Gasteiger partial charge in [-0.15, -0.1) is 0 Å². The number of amides is 2. The summed E-state index contributed by atoms with van der Waals surface area (Å²) in [6.07, 6.45) is 5.28. The van der Waals surface area contributed by atoms with Crippen molar-refractivity contribution in [3.8, 4) is 0 Å². The minimum absolute atomic E-state index is 0.0105. The van der Waals surface area contributed by atoms with Gasteiger partial charge >= 0.3 is 0 Å². The second-order valence-electron chi connectivity index (χ2n) is 7.04. The maximum atomic E-state index is 12.6. The van der Waals surface area contributed by atoms with Gasteiger partial charge in [0.2, 0.25) is 5.91 Å². The van der Waals surface area contributed by atoms with E-state index in [4.69, 9.17) is 0 Å². The Labute approximate surface area is 147 Å². The van der Waals surface area contributed by atoms with Crippen molar-refractivity contribution < 1.29 is 9.59 Å². The standard InChI is InChI=1S/C20H21N3O2/c24-18(22-13-15-5-4-9-21-12-15)17-11-20(17)8-10-23(14-20)19(25)16-6-2-1-3-7-16/h1-7,9,12,17H,8,10-11,13-14H2,(H,22,24)/t17-,20-/m1/s1. The molecule has 1 saturated carbocycles. The molecule has 128 valence electrons. The Morgan fingerprint density at radius 3 is 2.80 bits per heavy atom. The number of benzene rings is 1. The minimum atomic E-state index is -0.0105. The lowest BCUT2D eigenvalue weighted by molar-refractivity contribution is -0.123. The highest BCUT2D eigenvalue weighted by Gasteiger charge is 2.61. The molecule has 2 aliphatic rings. The van der Waals surface area contributed by atoms with Crippen LogP contribution in [0.1, 0.15) is 28.8 Å². The summed E-state index contributed by atoms with van der Waals surface area (Å²) in [7, 11) is 0. The Hall–Kier alpha value is -2.69. The van der Waals surface area contributed by atoms with E-state index >= 15 is 0 Å². The van der Waals surface area contributed by atoms with Crippen LogP contribution in [0.2, 0.25) is 0 Å². The van der Waals surface area contributed by atoms with E-state index in [0.29, 0.717) is 13.1 Å². The Bertz CT molecular complexity index is 778. The highest BCUT2D eigenvalue weighted by Crippen LogP contribution is 2.58. The molecule has 2 amide bonds. The van der Waals surface area contributed by atoms with Gasteiger partial charge in [0, 0.05) is 48.9 Å². The van der Waals surface area contributed by atoms with Gasteiger partial charge in [-0.25, -0.2) is 0 Å². The first kappa shape index (κ1) is 15.8. The number of carbonyl (C=O) groups is 2.